The Bertz CT molecular complexity index is 658. The average molecular weight is 304 g/mol. The van der Waals surface area contributed by atoms with Crippen molar-refractivity contribution in [3.8, 4) is 0 Å². The van der Waals surface area contributed by atoms with Crippen LogP contribution in [0.2, 0.25) is 0 Å². The average Bonchev–Trinajstić information content (AvgIpc) is 2.46. The minimum atomic E-state index is -2.41. The maximum absolute atomic E-state index is 12.2. The standard InChI is InChI=1S/C15H16N2O3S/c1-11-7-9-13(10-8-11)15(14(16)18,17-21(19)20)12-5-3-2-4-6-12/h2-10,17H,1H3,(H2,16,18)(H,19,20). The summed E-state index contributed by atoms with van der Waals surface area (Å²) in [5, 5.41) is 0. The second kappa shape index (κ2) is 6.17. The van der Waals surface area contributed by atoms with E-state index in [1.54, 1.807) is 42.5 Å². The molecule has 4 N–H and O–H groups in total. The fourth-order valence-corrected chi connectivity index (χ4v) is 2.84. The van der Waals surface area contributed by atoms with Crippen molar-refractivity contribution in [2.75, 3.05) is 0 Å². The summed E-state index contributed by atoms with van der Waals surface area (Å²) in [7, 11) is 0. The van der Waals surface area contributed by atoms with Gasteiger partial charge in [-0.1, -0.05) is 60.2 Å². The van der Waals surface area contributed by atoms with Crippen LogP contribution in [0.15, 0.2) is 54.6 Å². The fourth-order valence-electron chi connectivity index (χ4n) is 2.24. The van der Waals surface area contributed by atoms with Crippen LogP contribution in [0.3, 0.4) is 0 Å². The summed E-state index contributed by atoms with van der Waals surface area (Å²) in [6.45, 7) is 1.91. The normalized spacial score (nSPS) is 15.1. The number of hydrogen-bond acceptors (Lipinski definition) is 2. The molecule has 2 aromatic carbocycles. The molecule has 0 aromatic heterocycles. The van der Waals surface area contributed by atoms with E-state index in [-0.39, 0.29) is 0 Å². The quantitative estimate of drug-likeness (QED) is 0.730. The summed E-state index contributed by atoms with van der Waals surface area (Å²) in [5.74, 6) is -0.750. The number of benzene rings is 2. The van der Waals surface area contributed by atoms with E-state index in [1.165, 1.54) is 0 Å². The number of carbonyl (C=O) groups is 1. The smallest absolute Gasteiger partial charge is 0.247 e. The Morgan fingerprint density at radius 1 is 1.10 bits per heavy atom. The van der Waals surface area contributed by atoms with Crippen molar-refractivity contribution >= 4 is 17.2 Å². The summed E-state index contributed by atoms with van der Waals surface area (Å²) in [5.41, 5.74) is 6.04. The van der Waals surface area contributed by atoms with Gasteiger partial charge in [0.2, 0.25) is 17.2 Å². The number of carbonyl (C=O) groups excluding carboxylic acids is 1. The Labute approximate surface area is 125 Å². The van der Waals surface area contributed by atoms with E-state index >= 15 is 0 Å². The van der Waals surface area contributed by atoms with E-state index in [9.17, 15) is 13.6 Å². The maximum atomic E-state index is 12.2. The molecule has 2 aromatic rings. The van der Waals surface area contributed by atoms with Gasteiger partial charge in [-0.15, -0.1) is 0 Å². The van der Waals surface area contributed by atoms with Gasteiger partial charge in [-0.3, -0.25) is 9.35 Å². The van der Waals surface area contributed by atoms with Gasteiger partial charge in [0.15, 0.2) is 5.54 Å². The molecule has 0 spiro atoms. The van der Waals surface area contributed by atoms with Crippen LogP contribution >= 0.6 is 0 Å². The fraction of sp³-hybridized carbons (Fsp3) is 0.133. The number of nitrogens with two attached hydrogens (primary N) is 1. The van der Waals surface area contributed by atoms with Crippen LogP contribution in [0.5, 0.6) is 0 Å². The Morgan fingerprint density at radius 3 is 2.10 bits per heavy atom. The molecular weight excluding hydrogens is 288 g/mol. The minimum absolute atomic E-state index is 0.503. The summed E-state index contributed by atoms with van der Waals surface area (Å²) in [6.07, 6.45) is 0. The lowest BCUT2D eigenvalue weighted by Crippen LogP contribution is -2.54. The Balaban J connectivity index is 2.70. The van der Waals surface area contributed by atoms with E-state index in [1.807, 2.05) is 19.1 Å². The van der Waals surface area contributed by atoms with Crippen LogP contribution < -0.4 is 10.5 Å². The third-order valence-corrected chi connectivity index (χ3v) is 3.78. The van der Waals surface area contributed by atoms with Gasteiger partial charge in [-0.25, -0.2) is 4.21 Å². The predicted molar refractivity (Wildman–Crippen MR) is 81.5 cm³/mol. The molecule has 21 heavy (non-hydrogen) atoms. The highest BCUT2D eigenvalue weighted by Gasteiger charge is 2.41. The van der Waals surface area contributed by atoms with Crippen molar-refractivity contribution in [3.63, 3.8) is 0 Å². The van der Waals surface area contributed by atoms with Crippen LogP contribution in [0.1, 0.15) is 16.7 Å². The van der Waals surface area contributed by atoms with Gasteiger partial charge in [0, 0.05) is 0 Å². The highest BCUT2D eigenvalue weighted by Crippen LogP contribution is 2.30. The van der Waals surface area contributed by atoms with Gasteiger partial charge in [-0.05, 0) is 18.1 Å². The Morgan fingerprint density at radius 2 is 1.62 bits per heavy atom. The van der Waals surface area contributed by atoms with E-state index < -0.39 is 22.7 Å². The first-order valence-electron chi connectivity index (χ1n) is 6.28. The Hall–Kier alpha value is -2.02. The molecule has 0 heterocycles. The molecule has 0 aliphatic heterocycles. The van der Waals surface area contributed by atoms with Gasteiger partial charge >= 0.3 is 0 Å². The van der Waals surface area contributed by atoms with Crippen LogP contribution in [0.4, 0.5) is 0 Å². The van der Waals surface area contributed by atoms with Crippen molar-refractivity contribution in [1.82, 2.24) is 4.72 Å². The number of rotatable bonds is 5. The lowest BCUT2D eigenvalue weighted by Gasteiger charge is -2.31. The van der Waals surface area contributed by atoms with Gasteiger partial charge in [0.05, 0.1) is 0 Å². The SMILES string of the molecule is Cc1ccc(C(NS(=O)O)(C(N)=O)c2ccccc2)cc1. The number of hydrogen-bond donors (Lipinski definition) is 3. The highest BCUT2D eigenvalue weighted by molar-refractivity contribution is 7.77. The molecule has 0 radical (unpaired) electrons. The van der Waals surface area contributed by atoms with E-state index in [4.69, 9.17) is 5.73 Å². The molecule has 6 heteroatoms. The summed E-state index contributed by atoms with van der Waals surface area (Å²) in [6, 6.07) is 15.7. The first kappa shape index (κ1) is 15.4. The molecule has 2 unspecified atom stereocenters. The van der Waals surface area contributed by atoms with Crippen LogP contribution in [0.25, 0.3) is 0 Å². The predicted octanol–water partition coefficient (Wildman–Crippen LogP) is 1.45. The molecule has 0 bridgehead atoms. The monoisotopic (exact) mass is 304 g/mol. The van der Waals surface area contributed by atoms with Gasteiger partial charge in [-0.2, -0.15) is 4.72 Å². The first-order chi connectivity index (χ1) is 9.96. The molecule has 110 valence electrons. The van der Waals surface area contributed by atoms with E-state index in [2.05, 4.69) is 4.72 Å². The zero-order chi connectivity index (χ0) is 15.5. The molecule has 0 aliphatic rings. The van der Waals surface area contributed by atoms with Crippen molar-refractivity contribution in [3.05, 3.63) is 71.3 Å². The van der Waals surface area contributed by atoms with Gasteiger partial charge in [0.1, 0.15) is 0 Å². The van der Waals surface area contributed by atoms with Gasteiger partial charge in [0.25, 0.3) is 0 Å². The third-order valence-electron chi connectivity index (χ3n) is 3.30. The molecule has 1 amide bonds. The maximum Gasteiger partial charge on any atom is 0.247 e. The number of aryl methyl sites for hydroxylation is 1. The second-order valence-electron chi connectivity index (χ2n) is 4.70. The van der Waals surface area contributed by atoms with Crippen molar-refractivity contribution in [1.29, 1.82) is 0 Å². The minimum Gasteiger partial charge on any atom is -0.367 e. The topological polar surface area (TPSA) is 92.4 Å². The van der Waals surface area contributed by atoms with Crippen LogP contribution in [0, 0.1) is 6.92 Å². The van der Waals surface area contributed by atoms with Crippen molar-refractivity contribution < 1.29 is 13.6 Å². The van der Waals surface area contributed by atoms with E-state index in [0.717, 1.165) is 5.56 Å². The van der Waals surface area contributed by atoms with Crippen molar-refractivity contribution in [2.45, 2.75) is 12.5 Å². The molecular formula is C15H16N2O3S. The molecule has 2 rings (SSSR count). The lowest BCUT2D eigenvalue weighted by atomic mass is 9.83. The number of primary amides is 1. The van der Waals surface area contributed by atoms with Crippen LogP contribution in [-0.4, -0.2) is 14.7 Å². The Kier molecular flexibility index (Phi) is 4.52. The van der Waals surface area contributed by atoms with Crippen molar-refractivity contribution in [2.24, 2.45) is 5.73 Å². The molecule has 0 fully saturated rings. The third kappa shape index (κ3) is 3.02. The molecule has 0 aliphatic carbocycles. The molecule has 5 nitrogen and oxygen atoms in total. The molecule has 0 saturated heterocycles. The van der Waals surface area contributed by atoms with E-state index in [0.29, 0.717) is 11.1 Å². The second-order valence-corrected chi connectivity index (χ2v) is 5.40. The number of nitrogens with one attached hydrogen (secondary N) is 1. The van der Waals surface area contributed by atoms with Crippen LogP contribution in [-0.2, 0) is 21.6 Å². The summed E-state index contributed by atoms with van der Waals surface area (Å²) >= 11 is -2.41. The zero-order valence-electron chi connectivity index (χ0n) is 11.4. The number of amides is 1. The molecule has 2 atom stereocenters. The molecule has 0 saturated carbocycles. The summed E-state index contributed by atoms with van der Waals surface area (Å²) < 4.78 is 23.0. The van der Waals surface area contributed by atoms with Gasteiger partial charge < -0.3 is 5.73 Å². The largest absolute Gasteiger partial charge is 0.367 e. The zero-order valence-corrected chi connectivity index (χ0v) is 12.3. The first-order valence-corrected chi connectivity index (χ1v) is 7.38. The highest BCUT2D eigenvalue weighted by atomic mass is 32.2. The lowest BCUT2D eigenvalue weighted by molar-refractivity contribution is -0.122. The summed E-state index contributed by atoms with van der Waals surface area (Å²) in [4.78, 5) is 12.2.